The zero-order valence-electron chi connectivity index (χ0n) is 10.7. The van der Waals surface area contributed by atoms with E-state index in [1.807, 2.05) is 24.8 Å². The van der Waals surface area contributed by atoms with Crippen molar-refractivity contribution in [3.05, 3.63) is 29.8 Å². The van der Waals surface area contributed by atoms with E-state index in [1.165, 1.54) is 0 Å². The molecule has 0 amide bonds. The Morgan fingerprint density at radius 1 is 1.50 bits per heavy atom. The van der Waals surface area contributed by atoms with Gasteiger partial charge in [0.25, 0.3) is 0 Å². The fourth-order valence-corrected chi connectivity index (χ4v) is 2.77. The first-order valence-electron chi connectivity index (χ1n) is 6.28. The molecule has 0 spiro atoms. The van der Waals surface area contributed by atoms with Gasteiger partial charge in [0.15, 0.2) is 0 Å². The third-order valence-corrected chi connectivity index (χ3v) is 3.84. The molecule has 1 aliphatic heterocycles. The van der Waals surface area contributed by atoms with E-state index in [0.29, 0.717) is 0 Å². The summed E-state index contributed by atoms with van der Waals surface area (Å²) in [7, 11) is 0. The number of benzene rings is 1. The first kappa shape index (κ1) is 12.9. The van der Waals surface area contributed by atoms with Crippen molar-refractivity contribution in [3.63, 3.8) is 0 Å². The summed E-state index contributed by atoms with van der Waals surface area (Å²) in [6.45, 7) is 4.76. The zero-order chi connectivity index (χ0) is 13.3. The molecular formula is C14H19NO3. The molecule has 1 aliphatic rings. The average molecular weight is 249 g/mol. The summed E-state index contributed by atoms with van der Waals surface area (Å²) in [6, 6.07) is 6.61. The Morgan fingerprint density at radius 2 is 2.22 bits per heavy atom. The van der Waals surface area contributed by atoms with E-state index in [-0.39, 0.29) is 17.7 Å². The summed E-state index contributed by atoms with van der Waals surface area (Å²) in [6.07, 6.45) is 0.903. The van der Waals surface area contributed by atoms with E-state index in [0.717, 1.165) is 18.5 Å². The monoisotopic (exact) mass is 249 g/mol. The third kappa shape index (κ3) is 2.34. The number of phenols is 1. The number of carbonyl (C=O) groups is 1. The van der Waals surface area contributed by atoms with Crippen LogP contribution in [0.3, 0.4) is 0 Å². The summed E-state index contributed by atoms with van der Waals surface area (Å²) in [5.41, 5.74) is 0.954. The molecule has 4 heteroatoms. The Hall–Kier alpha value is -1.55. The summed E-state index contributed by atoms with van der Waals surface area (Å²) in [4.78, 5) is 13.3. The molecule has 3 unspecified atom stereocenters. The van der Waals surface area contributed by atoms with Gasteiger partial charge in [-0.25, -0.2) is 0 Å². The van der Waals surface area contributed by atoms with Crippen molar-refractivity contribution in [2.75, 3.05) is 6.54 Å². The van der Waals surface area contributed by atoms with Crippen LogP contribution in [0.2, 0.25) is 0 Å². The van der Waals surface area contributed by atoms with Crippen LogP contribution in [-0.2, 0) is 4.79 Å². The molecule has 0 radical (unpaired) electrons. The van der Waals surface area contributed by atoms with E-state index in [2.05, 4.69) is 0 Å². The van der Waals surface area contributed by atoms with Gasteiger partial charge in [-0.2, -0.15) is 0 Å². The minimum atomic E-state index is -0.757. The molecule has 2 rings (SSSR count). The highest BCUT2D eigenvalue weighted by molar-refractivity contribution is 5.74. The number of likely N-dealkylation sites (tertiary alicyclic amines) is 1. The molecule has 4 nitrogen and oxygen atoms in total. The average Bonchev–Trinajstić information content (AvgIpc) is 2.70. The van der Waals surface area contributed by atoms with Crippen molar-refractivity contribution in [2.45, 2.75) is 32.4 Å². The molecule has 98 valence electrons. The number of rotatable bonds is 3. The van der Waals surface area contributed by atoms with Crippen molar-refractivity contribution in [3.8, 4) is 5.75 Å². The number of aliphatic carboxylic acids is 1. The zero-order valence-corrected chi connectivity index (χ0v) is 10.7. The van der Waals surface area contributed by atoms with Crippen LogP contribution in [0, 0.1) is 5.92 Å². The molecule has 0 aliphatic carbocycles. The van der Waals surface area contributed by atoms with E-state index in [1.54, 1.807) is 18.2 Å². The highest BCUT2D eigenvalue weighted by Crippen LogP contribution is 2.33. The second-order valence-electron chi connectivity index (χ2n) is 5.06. The molecule has 1 aromatic rings. The lowest BCUT2D eigenvalue weighted by atomic mass is 10.0. The Kier molecular flexibility index (Phi) is 3.57. The minimum Gasteiger partial charge on any atom is -0.508 e. The number of phenolic OH excluding ortho intramolecular Hbond substituents is 1. The maximum Gasteiger partial charge on any atom is 0.321 e. The van der Waals surface area contributed by atoms with E-state index >= 15 is 0 Å². The van der Waals surface area contributed by atoms with Gasteiger partial charge in [0.2, 0.25) is 0 Å². The standard InChI is InChI=1S/C14H19NO3/c1-9-6-7-15(13(9)14(17)18)10(2)11-4-3-5-12(16)8-11/h3-5,8-10,13,16H,6-7H2,1-2H3,(H,17,18). The highest BCUT2D eigenvalue weighted by Gasteiger charge is 2.39. The summed E-state index contributed by atoms with van der Waals surface area (Å²) < 4.78 is 0. The Bertz CT molecular complexity index is 446. The van der Waals surface area contributed by atoms with Crippen LogP contribution in [0.4, 0.5) is 0 Å². The number of hydrogen-bond donors (Lipinski definition) is 2. The number of hydrogen-bond acceptors (Lipinski definition) is 3. The van der Waals surface area contributed by atoms with Crippen LogP contribution in [0.15, 0.2) is 24.3 Å². The van der Waals surface area contributed by atoms with Crippen molar-refractivity contribution >= 4 is 5.97 Å². The van der Waals surface area contributed by atoms with Crippen LogP contribution >= 0.6 is 0 Å². The third-order valence-electron chi connectivity index (χ3n) is 3.84. The quantitative estimate of drug-likeness (QED) is 0.862. The predicted octanol–water partition coefficient (Wildman–Crippen LogP) is 2.25. The number of carboxylic acid groups (broad SMARTS) is 1. The molecule has 0 saturated carbocycles. The smallest absolute Gasteiger partial charge is 0.321 e. The number of aromatic hydroxyl groups is 1. The summed E-state index contributed by atoms with van der Waals surface area (Å²) in [5.74, 6) is -0.368. The van der Waals surface area contributed by atoms with Gasteiger partial charge in [0.05, 0.1) is 0 Å². The molecule has 1 fully saturated rings. The van der Waals surface area contributed by atoms with Gasteiger partial charge in [-0.05, 0) is 43.5 Å². The van der Waals surface area contributed by atoms with Crippen molar-refractivity contribution < 1.29 is 15.0 Å². The second-order valence-corrected chi connectivity index (χ2v) is 5.06. The SMILES string of the molecule is CC1CCN(C(C)c2cccc(O)c2)C1C(=O)O. The maximum atomic E-state index is 11.3. The van der Waals surface area contributed by atoms with E-state index < -0.39 is 12.0 Å². The fraction of sp³-hybridized carbons (Fsp3) is 0.500. The molecule has 0 aromatic heterocycles. The molecule has 1 saturated heterocycles. The lowest BCUT2D eigenvalue weighted by Gasteiger charge is -2.29. The van der Waals surface area contributed by atoms with Gasteiger partial charge in [-0.15, -0.1) is 0 Å². The van der Waals surface area contributed by atoms with Crippen molar-refractivity contribution in [1.82, 2.24) is 4.90 Å². The first-order chi connectivity index (χ1) is 8.50. The van der Waals surface area contributed by atoms with E-state index in [4.69, 9.17) is 0 Å². The van der Waals surface area contributed by atoms with Crippen LogP contribution in [0.1, 0.15) is 31.9 Å². The normalized spacial score (nSPS) is 26.1. The molecule has 3 atom stereocenters. The summed E-state index contributed by atoms with van der Waals surface area (Å²) >= 11 is 0. The van der Waals surface area contributed by atoms with Crippen LogP contribution in [0.5, 0.6) is 5.75 Å². The van der Waals surface area contributed by atoms with Crippen LogP contribution in [-0.4, -0.2) is 33.7 Å². The Morgan fingerprint density at radius 3 is 2.83 bits per heavy atom. The maximum absolute atomic E-state index is 11.3. The number of nitrogens with zero attached hydrogens (tertiary/aromatic N) is 1. The highest BCUT2D eigenvalue weighted by atomic mass is 16.4. The van der Waals surface area contributed by atoms with Gasteiger partial charge < -0.3 is 10.2 Å². The largest absolute Gasteiger partial charge is 0.508 e. The number of carboxylic acids is 1. The van der Waals surface area contributed by atoms with E-state index in [9.17, 15) is 15.0 Å². The van der Waals surface area contributed by atoms with Crippen molar-refractivity contribution in [1.29, 1.82) is 0 Å². The molecule has 18 heavy (non-hydrogen) atoms. The predicted molar refractivity (Wildman–Crippen MR) is 68.4 cm³/mol. The van der Waals surface area contributed by atoms with Gasteiger partial charge in [-0.1, -0.05) is 19.1 Å². The van der Waals surface area contributed by atoms with Crippen molar-refractivity contribution in [2.24, 2.45) is 5.92 Å². The second kappa shape index (κ2) is 4.98. The van der Waals surface area contributed by atoms with Crippen LogP contribution in [0.25, 0.3) is 0 Å². The first-order valence-corrected chi connectivity index (χ1v) is 6.28. The molecule has 1 aromatic carbocycles. The van der Waals surface area contributed by atoms with Gasteiger partial charge >= 0.3 is 5.97 Å². The summed E-state index contributed by atoms with van der Waals surface area (Å²) in [5, 5.41) is 18.8. The molecule has 0 bridgehead atoms. The lowest BCUT2D eigenvalue weighted by molar-refractivity contribution is -0.144. The van der Waals surface area contributed by atoms with Gasteiger partial charge in [-0.3, -0.25) is 9.69 Å². The molecule has 2 N–H and O–H groups in total. The molecular weight excluding hydrogens is 230 g/mol. The lowest BCUT2D eigenvalue weighted by Crippen LogP contribution is -2.40. The van der Waals surface area contributed by atoms with Gasteiger partial charge in [0, 0.05) is 6.04 Å². The Balaban J connectivity index is 2.23. The fourth-order valence-electron chi connectivity index (χ4n) is 2.77. The van der Waals surface area contributed by atoms with Crippen LogP contribution < -0.4 is 0 Å². The Labute approximate surface area is 107 Å². The topological polar surface area (TPSA) is 60.8 Å². The van der Waals surface area contributed by atoms with Gasteiger partial charge in [0.1, 0.15) is 11.8 Å². The molecule has 1 heterocycles. The minimum absolute atomic E-state index is 0.00292.